The van der Waals surface area contributed by atoms with Crippen LogP contribution in [-0.4, -0.2) is 62.3 Å². The Morgan fingerprint density at radius 2 is 1.82 bits per heavy atom. The van der Waals surface area contributed by atoms with Crippen molar-refractivity contribution in [2.24, 2.45) is 16.5 Å². The molecule has 0 aliphatic carbocycles. The molecule has 0 bridgehead atoms. The van der Waals surface area contributed by atoms with E-state index in [1.165, 1.54) is 0 Å². The molecule has 1 aromatic carbocycles. The van der Waals surface area contributed by atoms with Crippen LogP contribution < -0.4 is 21.7 Å². The number of piperidine rings is 1. The minimum Gasteiger partial charge on any atom is -0.444 e. The van der Waals surface area contributed by atoms with Crippen molar-refractivity contribution in [3.8, 4) is 0 Å². The van der Waals surface area contributed by atoms with Crippen molar-refractivity contribution in [1.29, 1.82) is 0 Å². The number of anilines is 1. The zero-order chi connectivity index (χ0) is 25.1. The van der Waals surface area contributed by atoms with Crippen LogP contribution in [0.15, 0.2) is 22.0 Å². The molecule has 13 nitrogen and oxygen atoms in total. The molecule has 0 unspecified atom stereocenters. The maximum atomic E-state index is 12.5. The molecule has 0 aromatic heterocycles. The molecular weight excluding hydrogens is 456 g/mol. The number of nitrogens with two attached hydrogens (primary N) is 2. The van der Waals surface area contributed by atoms with Gasteiger partial charge in [0.15, 0.2) is 15.8 Å². The van der Waals surface area contributed by atoms with Gasteiger partial charge in [-0.3, -0.25) is 14.9 Å². The maximum Gasteiger partial charge on any atom is 0.407 e. The van der Waals surface area contributed by atoms with E-state index in [4.69, 9.17) is 16.2 Å². The van der Waals surface area contributed by atoms with Crippen molar-refractivity contribution < 1.29 is 27.7 Å². The van der Waals surface area contributed by atoms with E-state index in [1.807, 2.05) is 0 Å². The van der Waals surface area contributed by atoms with Gasteiger partial charge in [-0.2, -0.15) is 4.99 Å². The van der Waals surface area contributed by atoms with Crippen LogP contribution in [0.5, 0.6) is 0 Å². The van der Waals surface area contributed by atoms with Crippen LogP contribution in [0.2, 0.25) is 0 Å². The third-order valence-electron chi connectivity index (χ3n) is 4.66. The van der Waals surface area contributed by atoms with E-state index in [0.717, 1.165) is 18.4 Å². The third kappa shape index (κ3) is 7.03. The average Bonchev–Trinajstić information content (AvgIpc) is 2.64. The predicted octanol–water partition coefficient (Wildman–Crippen LogP) is 0.905. The first kappa shape index (κ1) is 25.8. The molecule has 2 amide bonds. The number of nitro groups is 1. The van der Waals surface area contributed by atoms with Crippen molar-refractivity contribution in [2.75, 3.05) is 24.2 Å². The summed E-state index contributed by atoms with van der Waals surface area (Å²) in [6.07, 6.45) is 1.11. The number of hydrogen-bond acceptors (Lipinski definition) is 8. The fourth-order valence-corrected chi connectivity index (χ4v) is 4.29. The number of alkyl carbamates (subject to hydrolysis) is 1. The lowest BCUT2D eigenvalue weighted by molar-refractivity contribution is -0.384. The average molecular weight is 485 g/mol. The number of rotatable bonds is 5. The molecule has 1 aliphatic heterocycles. The molecule has 5 N–H and O–H groups in total. The maximum absolute atomic E-state index is 12.5. The molecule has 2 rings (SSSR count). The van der Waals surface area contributed by atoms with Crippen LogP contribution in [0.1, 0.15) is 44.0 Å². The van der Waals surface area contributed by atoms with Gasteiger partial charge in [-0.05, 0) is 39.7 Å². The number of benzene rings is 1. The predicted molar refractivity (Wildman–Crippen MR) is 121 cm³/mol. The summed E-state index contributed by atoms with van der Waals surface area (Å²) in [4.78, 5) is 39.7. The minimum absolute atomic E-state index is 0.125. The largest absolute Gasteiger partial charge is 0.444 e. The number of amides is 2. The van der Waals surface area contributed by atoms with Gasteiger partial charge in [0.1, 0.15) is 11.3 Å². The Morgan fingerprint density at radius 1 is 1.24 bits per heavy atom. The first-order valence-corrected chi connectivity index (χ1v) is 11.9. The molecule has 1 saturated heterocycles. The molecule has 182 valence electrons. The number of nitrogens with one attached hydrogen (secondary N) is 1. The smallest absolute Gasteiger partial charge is 0.407 e. The molecular formula is C19H28N6O7S. The molecule has 1 aliphatic rings. The molecule has 1 heterocycles. The number of nitro benzene ring substituents is 1. The second kappa shape index (κ2) is 9.60. The summed E-state index contributed by atoms with van der Waals surface area (Å²) in [7, 11) is -3.98. The van der Waals surface area contributed by atoms with Gasteiger partial charge in [-0.15, -0.1) is 0 Å². The summed E-state index contributed by atoms with van der Waals surface area (Å²) in [5, 5.41) is 14.5. The standard InChI is InChI=1S/C19H28N6O7S/c1-19(2,3)32-18(27)22-12-5-7-24(8-6-12)15-13(25(28)29)9-11(16(26)23-17(20)21)10-14(15)33(4,30)31/h9-10,12H,5-8H2,1-4H3,(H,22,27)(H4,20,21,23,26). The van der Waals surface area contributed by atoms with E-state index in [1.54, 1.807) is 25.7 Å². The molecule has 1 aromatic rings. The number of ether oxygens (including phenoxy) is 1. The summed E-state index contributed by atoms with van der Waals surface area (Å²) in [5.41, 5.74) is 8.69. The Labute approximate surface area is 191 Å². The lowest BCUT2D eigenvalue weighted by Crippen LogP contribution is -2.46. The van der Waals surface area contributed by atoms with Crippen molar-refractivity contribution in [1.82, 2.24) is 5.32 Å². The van der Waals surface area contributed by atoms with Gasteiger partial charge in [0, 0.05) is 31.5 Å². The lowest BCUT2D eigenvalue weighted by Gasteiger charge is -2.34. The Bertz CT molecular complexity index is 1080. The number of nitrogens with zero attached hydrogens (tertiary/aromatic N) is 3. The van der Waals surface area contributed by atoms with Gasteiger partial charge in [-0.25, -0.2) is 13.2 Å². The lowest BCUT2D eigenvalue weighted by atomic mass is 10.0. The summed E-state index contributed by atoms with van der Waals surface area (Å²) in [6, 6.07) is 1.72. The Morgan fingerprint density at radius 3 is 2.27 bits per heavy atom. The summed E-state index contributed by atoms with van der Waals surface area (Å²) < 4.78 is 30.2. The number of aliphatic imine (C=N–C) groups is 1. The minimum atomic E-state index is -3.98. The van der Waals surface area contributed by atoms with Crippen molar-refractivity contribution in [2.45, 2.75) is 50.2 Å². The van der Waals surface area contributed by atoms with Gasteiger partial charge in [-0.1, -0.05) is 0 Å². The highest BCUT2D eigenvalue weighted by Gasteiger charge is 2.33. The van der Waals surface area contributed by atoms with E-state index < -0.39 is 44.0 Å². The Kier molecular flexibility index (Phi) is 7.52. The zero-order valence-corrected chi connectivity index (χ0v) is 19.6. The van der Waals surface area contributed by atoms with E-state index >= 15 is 0 Å². The topological polar surface area (TPSA) is 200 Å². The van der Waals surface area contributed by atoms with Crippen LogP contribution in [0.3, 0.4) is 0 Å². The molecule has 14 heteroatoms. The summed E-state index contributed by atoms with van der Waals surface area (Å²) in [6.45, 7) is 5.67. The number of carbonyl (C=O) groups is 2. The summed E-state index contributed by atoms with van der Waals surface area (Å²) >= 11 is 0. The fraction of sp³-hybridized carbons (Fsp3) is 0.526. The van der Waals surface area contributed by atoms with Crippen LogP contribution in [0, 0.1) is 10.1 Å². The molecule has 0 saturated carbocycles. The molecule has 0 spiro atoms. The van der Waals surface area contributed by atoms with Gasteiger partial charge >= 0.3 is 6.09 Å². The Hall–Kier alpha value is -3.42. The number of sulfone groups is 1. The second-order valence-electron chi connectivity index (χ2n) is 8.62. The van der Waals surface area contributed by atoms with Crippen molar-refractivity contribution in [3.63, 3.8) is 0 Å². The molecule has 0 atom stereocenters. The van der Waals surface area contributed by atoms with E-state index in [-0.39, 0.29) is 35.3 Å². The highest BCUT2D eigenvalue weighted by atomic mass is 32.2. The fourth-order valence-electron chi connectivity index (χ4n) is 3.36. The molecule has 0 radical (unpaired) electrons. The molecule has 33 heavy (non-hydrogen) atoms. The first-order valence-electron chi connectivity index (χ1n) is 9.99. The van der Waals surface area contributed by atoms with E-state index in [9.17, 15) is 28.1 Å². The van der Waals surface area contributed by atoms with Crippen molar-refractivity contribution in [3.05, 3.63) is 27.8 Å². The van der Waals surface area contributed by atoms with Crippen LogP contribution in [-0.2, 0) is 14.6 Å². The van der Waals surface area contributed by atoms with Gasteiger partial charge in [0.25, 0.3) is 11.6 Å². The van der Waals surface area contributed by atoms with Gasteiger partial charge < -0.3 is 26.4 Å². The zero-order valence-electron chi connectivity index (χ0n) is 18.8. The number of hydrogen-bond donors (Lipinski definition) is 3. The number of carbonyl (C=O) groups excluding carboxylic acids is 2. The Balaban J connectivity index is 2.38. The monoisotopic (exact) mass is 484 g/mol. The SMILES string of the molecule is CC(C)(C)OC(=O)NC1CCN(c2c([N+](=O)[O-])cc(C(=O)N=C(N)N)cc2S(C)(=O)=O)CC1. The van der Waals surface area contributed by atoms with Gasteiger partial charge in [0.05, 0.1) is 15.4 Å². The second-order valence-corrected chi connectivity index (χ2v) is 10.6. The van der Waals surface area contributed by atoms with E-state index in [0.29, 0.717) is 12.8 Å². The first-order chi connectivity index (χ1) is 15.1. The normalized spacial score (nSPS) is 15.0. The quantitative estimate of drug-likeness (QED) is 0.233. The van der Waals surface area contributed by atoms with Crippen LogP contribution >= 0.6 is 0 Å². The van der Waals surface area contributed by atoms with Crippen LogP contribution in [0.25, 0.3) is 0 Å². The third-order valence-corrected chi connectivity index (χ3v) is 5.77. The van der Waals surface area contributed by atoms with E-state index in [2.05, 4.69) is 10.3 Å². The highest BCUT2D eigenvalue weighted by Crippen LogP contribution is 2.38. The number of guanidine groups is 1. The van der Waals surface area contributed by atoms with Gasteiger partial charge in [0.2, 0.25) is 0 Å². The highest BCUT2D eigenvalue weighted by molar-refractivity contribution is 7.90. The van der Waals surface area contributed by atoms with Crippen molar-refractivity contribution >= 4 is 39.2 Å². The summed E-state index contributed by atoms with van der Waals surface area (Å²) in [5.74, 6) is -1.57. The molecule has 1 fully saturated rings. The van der Waals surface area contributed by atoms with Crippen LogP contribution in [0.4, 0.5) is 16.2 Å².